The quantitative estimate of drug-likeness (QED) is 0.863. The molecule has 0 bridgehead atoms. The van der Waals surface area contributed by atoms with Gasteiger partial charge in [-0.1, -0.05) is 12.1 Å². The highest BCUT2D eigenvalue weighted by atomic mass is 16.5. The van der Waals surface area contributed by atoms with Crippen LogP contribution in [-0.4, -0.2) is 52.4 Å². The van der Waals surface area contributed by atoms with Crippen LogP contribution in [0.5, 0.6) is 11.5 Å². The molecule has 1 amide bonds. The summed E-state index contributed by atoms with van der Waals surface area (Å²) in [5, 5.41) is 0. The zero-order valence-corrected chi connectivity index (χ0v) is 14.5. The Labute approximate surface area is 148 Å². The summed E-state index contributed by atoms with van der Waals surface area (Å²) in [5.41, 5.74) is 0.615. The lowest BCUT2D eigenvalue weighted by Gasteiger charge is -2.42. The van der Waals surface area contributed by atoms with Crippen molar-refractivity contribution < 1.29 is 9.53 Å². The van der Waals surface area contributed by atoms with Gasteiger partial charge in [-0.25, -0.2) is 0 Å². The molecule has 5 heteroatoms. The molecule has 2 unspecified atom stereocenters. The van der Waals surface area contributed by atoms with Gasteiger partial charge >= 0.3 is 0 Å². The standard InChI is InChI=1S/C20H23N3O2/c1-15-13-22-11-5-6-16(22)14-23(15)20(24)18-8-2-3-9-19(18)25-17-7-4-10-21-12-17/h2-4,7-10,12,15-16H,5-6,11,13-14H2,1H3. The first-order valence-corrected chi connectivity index (χ1v) is 8.94. The van der Waals surface area contributed by atoms with Crippen LogP contribution in [0.3, 0.4) is 0 Å². The molecule has 0 aliphatic carbocycles. The fraction of sp³-hybridized carbons (Fsp3) is 0.400. The monoisotopic (exact) mass is 337 g/mol. The number of carbonyl (C=O) groups excluding carboxylic acids is 1. The van der Waals surface area contributed by atoms with Gasteiger partial charge in [-0.05, 0) is 50.6 Å². The Balaban J connectivity index is 1.58. The van der Waals surface area contributed by atoms with E-state index in [1.165, 1.54) is 12.8 Å². The topological polar surface area (TPSA) is 45.7 Å². The van der Waals surface area contributed by atoms with Gasteiger partial charge in [0.15, 0.2) is 0 Å². The smallest absolute Gasteiger partial charge is 0.257 e. The number of para-hydroxylation sites is 1. The zero-order chi connectivity index (χ0) is 17.2. The Hall–Kier alpha value is -2.40. The summed E-state index contributed by atoms with van der Waals surface area (Å²) in [6, 6.07) is 11.9. The third kappa shape index (κ3) is 3.24. The fourth-order valence-electron chi connectivity index (χ4n) is 3.89. The normalized spacial score (nSPS) is 23.3. The largest absolute Gasteiger partial charge is 0.455 e. The molecule has 2 aromatic rings. The summed E-state index contributed by atoms with van der Waals surface area (Å²) < 4.78 is 5.92. The van der Waals surface area contributed by atoms with E-state index in [1.54, 1.807) is 12.4 Å². The number of hydrogen-bond acceptors (Lipinski definition) is 4. The van der Waals surface area contributed by atoms with Crippen LogP contribution in [0.4, 0.5) is 0 Å². The van der Waals surface area contributed by atoms with E-state index in [9.17, 15) is 4.79 Å². The van der Waals surface area contributed by atoms with Gasteiger partial charge in [-0.15, -0.1) is 0 Å². The number of hydrogen-bond donors (Lipinski definition) is 0. The van der Waals surface area contributed by atoms with E-state index in [0.29, 0.717) is 23.1 Å². The van der Waals surface area contributed by atoms with Gasteiger partial charge in [0.1, 0.15) is 11.5 Å². The number of amides is 1. The number of rotatable bonds is 3. The lowest BCUT2D eigenvalue weighted by molar-refractivity contribution is 0.0393. The molecule has 1 aromatic heterocycles. The van der Waals surface area contributed by atoms with Gasteiger partial charge in [-0.3, -0.25) is 14.7 Å². The molecular weight excluding hydrogens is 314 g/mol. The molecule has 25 heavy (non-hydrogen) atoms. The molecule has 0 radical (unpaired) electrons. The molecule has 0 N–H and O–H groups in total. The number of pyridine rings is 1. The van der Waals surface area contributed by atoms with Crippen LogP contribution in [0, 0.1) is 0 Å². The first-order valence-electron chi connectivity index (χ1n) is 8.94. The fourth-order valence-corrected chi connectivity index (χ4v) is 3.89. The van der Waals surface area contributed by atoms with E-state index < -0.39 is 0 Å². The molecule has 2 fully saturated rings. The molecule has 0 spiro atoms. The van der Waals surface area contributed by atoms with Crippen molar-refractivity contribution in [3.63, 3.8) is 0 Å². The highest BCUT2D eigenvalue weighted by Crippen LogP contribution is 2.29. The summed E-state index contributed by atoms with van der Waals surface area (Å²) in [5.74, 6) is 1.27. The minimum absolute atomic E-state index is 0.0542. The molecule has 3 heterocycles. The van der Waals surface area contributed by atoms with E-state index >= 15 is 0 Å². The summed E-state index contributed by atoms with van der Waals surface area (Å²) in [6.07, 6.45) is 5.78. The highest BCUT2D eigenvalue weighted by molar-refractivity contribution is 5.97. The average Bonchev–Trinajstić information content (AvgIpc) is 3.09. The van der Waals surface area contributed by atoms with Gasteiger partial charge in [0.2, 0.25) is 0 Å². The second kappa shape index (κ2) is 6.84. The summed E-state index contributed by atoms with van der Waals surface area (Å²) in [6.45, 7) is 5.07. The van der Waals surface area contributed by atoms with Crippen molar-refractivity contribution in [3.8, 4) is 11.5 Å². The maximum Gasteiger partial charge on any atom is 0.257 e. The van der Waals surface area contributed by atoms with Gasteiger partial charge in [0.25, 0.3) is 5.91 Å². The summed E-state index contributed by atoms with van der Waals surface area (Å²) in [7, 11) is 0. The molecule has 0 saturated carbocycles. The first-order chi connectivity index (χ1) is 12.2. The molecule has 4 rings (SSSR count). The van der Waals surface area contributed by atoms with E-state index in [2.05, 4.69) is 16.8 Å². The van der Waals surface area contributed by atoms with Crippen molar-refractivity contribution in [3.05, 3.63) is 54.4 Å². The molecule has 2 saturated heterocycles. The summed E-state index contributed by atoms with van der Waals surface area (Å²) in [4.78, 5) is 21.8. The first kappa shape index (κ1) is 16.1. The van der Waals surface area contributed by atoms with Crippen LogP contribution in [0.15, 0.2) is 48.8 Å². The number of piperazine rings is 1. The van der Waals surface area contributed by atoms with Crippen molar-refractivity contribution in [2.24, 2.45) is 0 Å². The Morgan fingerprint density at radius 1 is 1.20 bits per heavy atom. The van der Waals surface area contributed by atoms with Crippen LogP contribution in [0.2, 0.25) is 0 Å². The van der Waals surface area contributed by atoms with Crippen molar-refractivity contribution in [1.82, 2.24) is 14.8 Å². The predicted octanol–water partition coefficient (Wildman–Crippen LogP) is 3.18. The van der Waals surface area contributed by atoms with Crippen LogP contribution in [-0.2, 0) is 0 Å². The van der Waals surface area contributed by atoms with Gasteiger partial charge in [0, 0.05) is 31.4 Å². The lowest BCUT2D eigenvalue weighted by Crippen LogP contribution is -2.56. The maximum absolute atomic E-state index is 13.2. The number of carbonyl (C=O) groups is 1. The Kier molecular flexibility index (Phi) is 4.40. The Bertz CT molecular complexity index is 750. The second-order valence-corrected chi connectivity index (χ2v) is 6.88. The van der Waals surface area contributed by atoms with Crippen molar-refractivity contribution in [2.75, 3.05) is 19.6 Å². The zero-order valence-electron chi connectivity index (χ0n) is 14.5. The molecule has 5 nitrogen and oxygen atoms in total. The van der Waals surface area contributed by atoms with Gasteiger partial charge in [-0.2, -0.15) is 0 Å². The molecular formula is C20H23N3O2. The Morgan fingerprint density at radius 3 is 2.92 bits per heavy atom. The number of nitrogens with zero attached hydrogens (tertiary/aromatic N) is 3. The average molecular weight is 337 g/mol. The van der Waals surface area contributed by atoms with Crippen molar-refractivity contribution in [2.45, 2.75) is 31.8 Å². The summed E-state index contributed by atoms with van der Waals surface area (Å²) >= 11 is 0. The van der Waals surface area contributed by atoms with E-state index in [-0.39, 0.29) is 11.9 Å². The van der Waals surface area contributed by atoms with Crippen LogP contribution in [0.1, 0.15) is 30.1 Å². The molecule has 2 atom stereocenters. The second-order valence-electron chi connectivity index (χ2n) is 6.88. The van der Waals surface area contributed by atoms with E-state index in [4.69, 9.17) is 4.74 Å². The van der Waals surface area contributed by atoms with Crippen molar-refractivity contribution in [1.29, 1.82) is 0 Å². The minimum Gasteiger partial charge on any atom is -0.455 e. The van der Waals surface area contributed by atoms with Crippen LogP contribution >= 0.6 is 0 Å². The highest BCUT2D eigenvalue weighted by Gasteiger charge is 2.37. The predicted molar refractivity (Wildman–Crippen MR) is 95.8 cm³/mol. The van der Waals surface area contributed by atoms with Gasteiger partial charge in [0.05, 0.1) is 11.8 Å². The third-order valence-corrected chi connectivity index (χ3v) is 5.18. The number of aromatic nitrogens is 1. The van der Waals surface area contributed by atoms with Crippen LogP contribution in [0.25, 0.3) is 0 Å². The molecule has 1 aromatic carbocycles. The lowest BCUT2D eigenvalue weighted by atomic mass is 10.1. The SMILES string of the molecule is CC1CN2CCCC2CN1C(=O)c1ccccc1Oc1cccnc1. The third-order valence-electron chi connectivity index (χ3n) is 5.18. The number of fused-ring (bicyclic) bond motifs is 1. The van der Waals surface area contributed by atoms with Crippen LogP contribution < -0.4 is 4.74 Å². The number of benzene rings is 1. The minimum atomic E-state index is 0.0542. The molecule has 2 aliphatic rings. The van der Waals surface area contributed by atoms with Gasteiger partial charge < -0.3 is 9.64 Å². The Morgan fingerprint density at radius 2 is 2.08 bits per heavy atom. The maximum atomic E-state index is 13.2. The molecule has 130 valence electrons. The van der Waals surface area contributed by atoms with Crippen molar-refractivity contribution >= 4 is 5.91 Å². The number of ether oxygens (including phenoxy) is 1. The molecule has 2 aliphatic heterocycles. The van der Waals surface area contributed by atoms with E-state index in [1.807, 2.05) is 41.3 Å². The van der Waals surface area contributed by atoms with E-state index in [0.717, 1.165) is 19.6 Å².